The van der Waals surface area contributed by atoms with Crippen LogP contribution in [-0.4, -0.2) is 36.9 Å². The van der Waals surface area contributed by atoms with Crippen molar-refractivity contribution in [3.05, 3.63) is 29.3 Å². The summed E-state index contributed by atoms with van der Waals surface area (Å²) in [6, 6.07) is 4.46. The van der Waals surface area contributed by atoms with Crippen molar-refractivity contribution >= 4 is 17.7 Å². The van der Waals surface area contributed by atoms with E-state index in [1.807, 2.05) is 6.92 Å². The summed E-state index contributed by atoms with van der Waals surface area (Å²) in [5.41, 5.74) is 0.990. The van der Waals surface area contributed by atoms with Crippen LogP contribution in [0.1, 0.15) is 29.3 Å². The maximum atomic E-state index is 11.8. The Labute approximate surface area is 118 Å². The first-order valence-corrected chi connectivity index (χ1v) is 6.35. The third-order valence-corrected chi connectivity index (χ3v) is 2.87. The van der Waals surface area contributed by atoms with Gasteiger partial charge in [-0.2, -0.15) is 0 Å². The normalized spacial score (nSPS) is 11.8. The van der Waals surface area contributed by atoms with E-state index in [0.717, 1.165) is 0 Å². The number of methoxy groups -OCH3 is 1. The van der Waals surface area contributed by atoms with E-state index in [4.69, 9.17) is 9.84 Å². The summed E-state index contributed by atoms with van der Waals surface area (Å²) in [4.78, 5) is 23.0. The number of rotatable bonds is 6. The molecular formula is C14H20N2O4. The van der Waals surface area contributed by atoms with Crippen molar-refractivity contribution in [2.75, 3.05) is 19.0 Å². The van der Waals surface area contributed by atoms with E-state index in [-0.39, 0.29) is 17.3 Å². The molecule has 1 rings (SSSR count). The molecular weight excluding hydrogens is 260 g/mol. The minimum Gasteiger partial charge on any atom is -0.478 e. The molecule has 0 aliphatic heterocycles. The van der Waals surface area contributed by atoms with E-state index >= 15 is 0 Å². The van der Waals surface area contributed by atoms with Crippen molar-refractivity contribution < 1.29 is 19.4 Å². The third-order valence-electron chi connectivity index (χ3n) is 2.87. The fourth-order valence-corrected chi connectivity index (χ4v) is 1.80. The van der Waals surface area contributed by atoms with Gasteiger partial charge in [-0.15, -0.1) is 0 Å². The highest BCUT2D eigenvalue weighted by molar-refractivity contribution is 6.01. The molecule has 1 unspecified atom stereocenters. The van der Waals surface area contributed by atoms with Crippen LogP contribution in [0.15, 0.2) is 18.2 Å². The summed E-state index contributed by atoms with van der Waals surface area (Å²) in [6.07, 6.45) is 0.684. The molecule has 6 nitrogen and oxygen atoms in total. The monoisotopic (exact) mass is 280 g/mol. The number of hydrogen-bond donors (Lipinski definition) is 3. The van der Waals surface area contributed by atoms with Gasteiger partial charge >= 0.3 is 12.0 Å². The number of carbonyl (C=O) groups is 2. The van der Waals surface area contributed by atoms with Crippen LogP contribution in [0.2, 0.25) is 0 Å². The zero-order chi connectivity index (χ0) is 15.1. The van der Waals surface area contributed by atoms with E-state index in [2.05, 4.69) is 10.6 Å². The fraction of sp³-hybridized carbons (Fsp3) is 0.429. The molecule has 0 saturated heterocycles. The van der Waals surface area contributed by atoms with Gasteiger partial charge in [-0.1, -0.05) is 12.1 Å². The van der Waals surface area contributed by atoms with E-state index in [1.165, 1.54) is 0 Å². The van der Waals surface area contributed by atoms with Crippen molar-refractivity contribution in [1.29, 1.82) is 0 Å². The molecule has 0 saturated carbocycles. The summed E-state index contributed by atoms with van der Waals surface area (Å²) in [7, 11) is 1.60. The first-order valence-electron chi connectivity index (χ1n) is 6.35. The second-order valence-corrected chi connectivity index (χ2v) is 4.58. The van der Waals surface area contributed by atoms with Gasteiger partial charge in [0.1, 0.15) is 0 Å². The number of amides is 2. The van der Waals surface area contributed by atoms with Gasteiger partial charge in [0.05, 0.1) is 11.3 Å². The molecule has 6 heteroatoms. The van der Waals surface area contributed by atoms with Crippen molar-refractivity contribution in [2.45, 2.75) is 26.3 Å². The summed E-state index contributed by atoms with van der Waals surface area (Å²) in [5.74, 6) is -1.06. The van der Waals surface area contributed by atoms with Gasteiger partial charge in [0.15, 0.2) is 0 Å². The molecule has 0 aliphatic carbocycles. The standard InChI is InChI=1S/C14H20N2O4/c1-9-5-4-6-11(12(9)13(17)18)16-14(19)15-10(2)7-8-20-3/h4-6,10H,7-8H2,1-3H3,(H,17,18)(H2,15,16,19). The average Bonchev–Trinajstić information content (AvgIpc) is 2.35. The lowest BCUT2D eigenvalue weighted by Crippen LogP contribution is -2.37. The number of aryl methyl sites for hydroxylation is 1. The molecule has 1 aromatic rings. The van der Waals surface area contributed by atoms with Gasteiger partial charge in [0, 0.05) is 19.8 Å². The highest BCUT2D eigenvalue weighted by atomic mass is 16.5. The predicted octanol–water partition coefficient (Wildman–Crippen LogP) is 2.24. The molecule has 0 heterocycles. The van der Waals surface area contributed by atoms with Crippen LogP contribution in [0, 0.1) is 6.92 Å². The molecule has 0 fully saturated rings. The second-order valence-electron chi connectivity index (χ2n) is 4.58. The molecule has 2 amide bonds. The molecule has 0 spiro atoms. The third kappa shape index (κ3) is 4.55. The van der Waals surface area contributed by atoms with Crippen LogP contribution in [0.3, 0.4) is 0 Å². The Morgan fingerprint density at radius 1 is 1.40 bits per heavy atom. The van der Waals surface area contributed by atoms with Crippen LogP contribution in [0.4, 0.5) is 10.5 Å². The molecule has 1 atom stereocenters. The number of carboxylic acid groups (broad SMARTS) is 1. The molecule has 0 aliphatic rings. The predicted molar refractivity (Wildman–Crippen MR) is 76.2 cm³/mol. The number of nitrogens with one attached hydrogen (secondary N) is 2. The summed E-state index contributed by atoms with van der Waals surface area (Å²) in [6.45, 7) is 4.09. The first-order chi connectivity index (χ1) is 9.45. The maximum absolute atomic E-state index is 11.8. The highest BCUT2D eigenvalue weighted by Crippen LogP contribution is 2.19. The molecule has 0 aromatic heterocycles. The molecule has 0 radical (unpaired) electrons. The smallest absolute Gasteiger partial charge is 0.338 e. The summed E-state index contributed by atoms with van der Waals surface area (Å²) in [5, 5.41) is 14.5. The van der Waals surface area contributed by atoms with Crippen LogP contribution in [0.25, 0.3) is 0 Å². The van der Waals surface area contributed by atoms with E-state index in [1.54, 1.807) is 32.2 Å². The Bertz CT molecular complexity index is 488. The lowest BCUT2D eigenvalue weighted by molar-refractivity contribution is 0.0697. The maximum Gasteiger partial charge on any atom is 0.338 e. The Morgan fingerprint density at radius 2 is 2.10 bits per heavy atom. The van der Waals surface area contributed by atoms with E-state index in [9.17, 15) is 9.59 Å². The Hall–Kier alpha value is -2.08. The van der Waals surface area contributed by atoms with Crippen LogP contribution in [-0.2, 0) is 4.74 Å². The molecule has 110 valence electrons. The number of carboxylic acids is 1. The summed E-state index contributed by atoms with van der Waals surface area (Å²) >= 11 is 0. The van der Waals surface area contributed by atoms with Gasteiger partial charge < -0.3 is 20.5 Å². The van der Waals surface area contributed by atoms with Crippen molar-refractivity contribution in [3.63, 3.8) is 0 Å². The quantitative estimate of drug-likeness (QED) is 0.745. The number of benzene rings is 1. The Balaban J connectivity index is 2.71. The van der Waals surface area contributed by atoms with Crippen LogP contribution >= 0.6 is 0 Å². The van der Waals surface area contributed by atoms with Crippen molar-refractivity contribution in [3.8, 4) is 0 Å². The zero-order valence-corrected chi connectivity index (χ0v) is 11.9. The van der Waals surface area contributed by atoms with Gasteiger partial charge in [0.25, 0.3) is 0 Å². The number of hydrogen-bond acceptors (Lipinski definition) is 3. The summed E-state index contributed by atoms with van der Waals surface area (Å²) < 4.78 is 4.93. The van der Waals surface area contributed by atoms with Crippen LogP contribution in [0.5, 0.6) is 0 Å². The molecule has 0 bridgehead atoms. The fourth-order valence-electron chi connectivity index (χ4n) is 1.80. The molecule has 3 N–H and O–H groups in total. The minimum absolute atomic E-state index is 0.0620. The number of anilines is 1. The Kier molecular flexibility index (Phi) is 5.99. The molecule has 1 aromatic carbocycles. The molecule has 20 heavy (non-hydrogen) atoms. The van der Waals surface area contributed by atoms with Gasteiger partial charge in [-0.05, 0) is 31.9 Å². The van der Waals surface area contributed by atoms with E-state index < -0.39 is 12.0 Å². The van der Waals surface area contributed by atoms with Gasteiger partial charge in [0.2, 0.25) is 0 Å². The van der Waals surface area contributed by atoms with Gasteiger partial charge in [-0.3, -0.25) is 0 Å². The minimum atomic E-state index is -1.06. The number of carbonyl (C=O) groups excluding carboxylic acids is 1. The number of ether oxygens (including phenoxy) is 1. The topological polar surface area (TPSA) is 87.7 Å². The average molecular weight is 280 g/mol. The number of urea groups is 1. The van der Waals surface area contributed by atoms with Crippen molar-refractivity contribution in [1.82, 2.24) is 5.32 Å². The highest BCUT2D eigenvalue weighted by Gasteiger charge is 2.15. The Morgan fingerprint density at radius 3 is 2.70 bits per heavy atom. The largest absolute Gasteiger partial charge is 0.478 e. The van der Waals surface area contributed by atoms with Crippen molar-refractivity contribution in [2.24, 2.45) is 0 Å². The zero-order valence-electron chi connectivity index (χ0n) is 11.9. The first kappa shape index (κ1) is 16.0. The SMILES string of the molecule is COCCC(C)NC(=O)Nc1cccc(C)c1C(=O)O. The van der Waals surface area contributed by atoms with E-state index in [0.29, 0.717) is 18.6 Å². The second kappa shape index (κ2) is 7.49. The van der Waals surface area contributed by atoms with Gasteiger partial charge in [-0.25, -0.2) is 9.59 Å². The lowest BCUT2D eigenvalue weighted by atomic mass is 10.1. The number of aromatic carboxylic acids is 1. The van der Waals surface area contributed by atoms with Crippen LogP contribution < -0.4 is 10.6 Å². The lowest BCUT2D eigenvalue weighted by Gasteiger charge is -2.15.